The molecule has 0 aliphatic carbocycles. The summed E-state index contributed by atoms with van der Waals surface area (Å²) in [6, 6.07) is 0. The normalized spacial score (nSPS) is 14.6. The van der Waals surface area contributed by atoms with Crippen molar-refractivity contribution in [3.05, 3.63) is 0 Å². The Balaban J connectivity index is 5.21. The van der Waals surface area contributed by atoms with Crippen molar-refractivity contribution in [1.29, 1.82) is 0 Å². The van der Waals surface area contributed by atoms with Gasteiger partial charge in [-0.05, 0) is 37.5 Å². The van der Waals surface area contributed by atoms with Crippen LogP contribution in [0.3, 0.4) is 0 Å². The van der Waals surface area contributed by atoms with Gasteiger partial charge in [-0.15, -0.1) is 0 Å². The first-order chi connectivity index (χ1) is 46.4. The van der Waals surface area contributed by atoms with Gasteiger partial charge in [0.05, 0.1) is 26.4 Å². The van der Waals surface area contributed by atoms with Gasteiger partial charge in [-0.25, -0.2) is 9.13 Å². The number of esters is 4. The SMILES string of the molecule is CCCCCCCCCCCCCCCCCCCCCCCC(=O)O[C@H](COC(=O)CCCCCCCCCCCCCCC)COP(=O)(O)OC[C@@H](O)COP(=O)(O)OC[C@@H](COC(=O)CCCCCCCCC(C)CC)OC(=O)CCCCCCCCCCC(C)CC. The molecule has 570 valence electrons. The van der Waals surface area contributed by atoms with E-state index in [0.717, 1.165) is 108 Å². The van der Waals surface area contributed by atoms with E-state index in [0.29, 0.717) is 25.7 Å². The molecule has 0 bridgehead atoms. The first kappa shape index (κ1) is 94.1. The second kappa shape index (κ2) is 68.8. The highest BCUT2D eigenvalue weighted by Crippen LogP contribution is 2.45. The number of phosphoric ester groups is 2. The molecule has 4 unspecified atom stereocenters. The van der Waals surface area contributed by atoms with E-state index in [4.69, 9.17) is 37.0 Å². The number of hydrogen-bond donors (Lipinski definition) is 3. The number of rotatable bonds is 76. The molecule has 0 aromatic heterocycles. The molecule has 96 heavy (non-hydrogen) atoms. The standard InChI is InChI=1S/C77H150O17P2/c1-7-11-13-15-17-19-21-23-24-25-26-27-28-29-30-32-34-36-41-49-55-61-76(81)93-72(65-87-74(79)59-53-47-40-35-33-31-22-20-18-16-14-12-8-2)67-91-95(83,84)89-63-71(78)64-90-96(85,86)92-68-73(66-88-75(80)60-54-48-44-43-46-52-58-70(6)10-4)94-77(82)62-56-50-42-38-37-39-45-51-57-69(5)9-3/h69-73,78H,7-68H2,1-6H3,(H,83,84)(H,85,86)/t69?,70?,71-,72-,73-/m1/s1. The Kier molecular flexibility index (Phi) is 67.4. The van der Waals surface area contributed by atoms with Gasteiger partial charge in [0.15, 0.2) is 12.2 Å². The Morgan fingerprint density at radius 2 is 0.500 bits per heavy atom. The zero-order chi connectivity index (χ0) is 70.7. The van der Waals surface area contributed by atoms with Crippen LogP contribution in [0.1, 0.15) is 401 Å². The third kappa shape index (κ3) is 67.9. The highest BCUT2D eigenvalue weighted by Gasteiger charge is 2.30. The van der Waals surface area contributed by atoms with E-state index in [9.17, 15) is 43.2 Å². The highest BCUT2D eigenvalue weighted by atomic mass is 31.2. The van der Waals surface area contributed by atoms with Crippen molar-refractivity contribution in [3.63, 3.8) is 0 Å². The fourth-order valence-corrected chi connectivity index (χ4v) is 13.3. The van der Waals surface area contributed by atoms with Crippen molar-refractivity contribution < 1.29 is 80.2 Å². The van der Waals surface area contributed by atoms with Crippen LogP contribution in [0, 0.1) is 11.8 Å². The Labute approximate surface area is 588 Å². The number of aliphatic hydroxyl groups is 1. The molecule has 7 atom stereocenters. The maximum absolute atomic E-state index is 13.1. The van der Waals surface area contributed by atoms with E-state index < -0.39 is 97.5 Å². The largest absolute Gasteiger partial charge is 0.472 e. The van der Waals surface area contributed by atoms with Crippen LogP contribution in [0.2, 0.25) is 0 Å². The maximum Gasteiger partial charge on any atom is 0.472 e. The fourth-order valence-electron chi connectivity index (χ4n) is 11.8. The third-order valence-corrected chi connectivity index (χ3v) is 20.6. The van der Waals surface area contributed by atoms with Gasteiger partial charge in [-0.3, -0.25) is 37.3 Å². The summed E-state index contributed by atoms with van der Waals surface area (Å²) in [7, 11) is -9.91. The Hall–Kier alpha value is -1.94. The molecule has 0 aromatic rings. The minimum atomic E-state index is -4.96. The van der Waals surface area contributed by atoms with Crippen LogP contribution in [-0.2, 0) is 65.4 Å². The van der Waals surface area contributed by atoms with E-state index in [1.54, 1.807) is 0 Å². The van der Waals surface area contributed by atoms with Gasteiger partial charge < -0.3 is 33.8 Å². The van der Waals surface area contributed by atoms with Gasteiger partial charge in [0.1, 0.15) is 19.3 Å². The van der Waals surface area contributed by atoms with Gasteiger partial charge >= 0.3 is 39.5 Å². The number of phosphoric acid groups is 2. The van der Waals surface area contributed by atoms with Crippen molar-refractivity contribution >= 4 is 39.5 Å². The van der Waals surface area contributed by atoms with Gasteiger partial charge in [0.25, 0.3) is 0 Å². The quantitative estimate of drug-likeness (QED) is 0.0222. The average Bonchev–Trinajstić information content (AvgIpc) is 1.29. The molecule has 0 spiro atoms. The Bertz CT molecular complexity index is 1860. The van der Waals surface area contributed by atoms with Crippen LogP contribution in [0.15, 0.2) is 0 Å². The van der Waals surface area contributed by atoms with Crippen molar-refractivity contribution in [2.45, 2.75) is 419 Å². The Morgan fingerprint density at radius 1 is 0.292 bits per heavy atom. The number of carbonyl (C=O) groups excluding carboxylic acids is 4. The summed E-state index contributed by atoms with van der Waals surface area (Å²) in [5.74, 6) is -0.617. The van der Waals surface area contributed by atoms with Gasteiger partial charge in [0, 0.05) is 25.7 Å². The van der Waals surface area contributed by atoms with E-state index >= 15 is 0 Å². The van der Waals surface area contributed by atoms with Crippen molar-refractivity contribution in [2.24, 2.45) is 11.8 Å². The summed E-state index contributed by atoms with van der Waals surface area (Å²) in [4.78, 5) is 72.8. The molecule has 0 saturated carbocycles. The van der Waals surface area contributed by atoms with Crippen molar-refractivity contribution in [2.75, 3.05) is 39.6 Å². The summed E-state index contributed by atoms with van der Waals surface area (Å²) in [6.07, 6.45) is 57.0. The topological polar surface area (TPSA) is 237 Å². The molecule has 0 amide bonds. The number of ether oxygens (including phenoxy) is 4. The monoisotopic (exact) mass is 1410 g/mol. The van der Waals surface area contributed by atoms with Crippen molar-refractivity contribution in [3.8, 4) is 0 Å². The van der Waals surface area contributed by atoms with Crippen LogP contribution in [0.25, 0.3) is 0 Å². The predicted molar refractivity (Wildman–Crippen MR) is 391 cm³/mol. The van der Waals surface area contributed by atoms with Crippen LogP contribution in [-0.4, -0.2) is 96.7 Å². The zero-order valence-electron chi connectivity index (χ0n) is 62.7. The molecule has 0 rings (SSSR count). The second-order valence-electron chi connectivity index (χ2n) is 28.2. The predicted octanol–water partition coefficient (Wildman–Crippen LogP) is 22.7. The molecule has 19 heteroatoms. The maximum atomic E-state index is 13.1. The number of carbonyl (C=O) groups is 4. The minimum absolute atomic E-state index is 0.104. The van der Waals surface area contributed by atoms with Gasteiger partial charge in [0.2, 0.25) is 0 Å². The van der Waals surface area contributed by atoms with E-state index in [-0.39, 0.29) is 25.7 Å². The second-order valence-corrected chi connectivity index (χ2v) is 31.1. The zero-order valence-corrected chi connectivity index (χ0v) is 64.5. The lowest BCUT2D eigenvalue weighted by Crippen LogP contribution is -2.30. The Morgan fingerprint density at radius 3 is 0.740 bits per heavy atom. The van der Waals surface area contributed by atoms with Crippen LogP contribution >= 0.6 is 15.6 Å². The van der Waals surface area contributed by atoms with E-state index in [1.165, 1.54) is 212 Å². The third-order valence-electron chi connectivity index (χ3n) is 18.7. The summed E-state index contributed by atoms with van der Waals surface area (Å²) >= 11 is 0. The molecule has 3 N–H and O–H groups in total. The molecule has 0 radical (unpaired) electrons. The average molecular weight is 1410 g/mol. The molecule has 0 heterocycles. The lowest BCUT2D eigenvalue weighted by molar-refractivity contribution is -0.161. The summed E-state index contributed by atoms with van der Waals surface area (Å²) < 4.78 is 68.5. The summed E-state index contributed by atoms with van der Waals surface area (Å²) in [5, 5.41) is 10.6. The molecule has 0 aliphatic heterocycles. The van der Waals surface area contributed by atoms with Crippen molar-refractivity contribution in [1.82, 2.24) is 0 Å². The van der Waals surface area contributed by atoms with Crippen LogP contribution < -0.4 is 0 Å². The number of unbranched alkanes of at least 4 members (excludes halogenated alkanes) is 44. The molecule has 0 saturated heterocycles. The summed E-state index contributed by atoms with van der Waals surface area (Å²) in [6.45, 7) is 9.55. The molecular weight excluding hydrogens is 1260 g/mol. The fraction of sp³-hybridized carbons (Fsp3) is 0.948. The summed E-state index contributed by atoms with van der Waals surface area (Å²) in [5.41, 5.74) is 0. The van der Waals surface area contributed by atoms with Crippen LogP contribution in [0.4, 0.5) is 0 Å². The smallest absolute Gasteiger partial charge is 0.462 e. The number of aliphatic hydroxyl groups excluding tert-OH is 1. The highest BCUT2D eigenvalue weighted by molar-refractivity contribution is 7.47. The minimum Gasteiger partial charge on any atom is -0.462 e. The molecule has 0 fully saturated rings. The molecule has 0 aliphatic rings. The van der Waals surface area contributed by atoms with E-state index in [1.807, 2.05) is 0 Å². The first-order valence-electron chi connectivity index (χ1n) is 40.1. The van der Waals surface area contributed by atoms with E-state index in [2.05, 4.69) is 41.5 Å². The lowest BCUT2D eigenvalue weighted by atomic mass is 9.99. The first-order valence-corrected chi connectivity index (χ1v) is 43.1. The number of hydrogen-bond acceptors (Lipinski definition) is 15. The molecule has 0 aromatic carbocycles. The van der Waals surface area contributed by atoms with Gasteiger partial charge in [-0.1, -0.05) is 350 Å². The molecule has 17 nitrogen and oxygen atoms in total. The lowest BCUT2D eigenvalue weighted by Gasteiger charge is -2.21. The van der Waals surface area contributed by atoms with Crippen LogP contribution in [0.5, 0.6) is 0 Å². The van der Waals surface area contributed by atoms with Gasteiger partial charge in [-0.2, -0.15) is 0 Å². The molecular formula is C77H150O17P2.